The number of carbonyl (C=O) groups is 1. The van der Waals surface area contributed by atoms with E-state index in [2.05, 4.69) is 0 Å². The standard InChI is InChI=1S/C12H16O3/c1-8-10(12(13)14-2)7-9-5-3-4-6-11(9)15-8/h3-7H2,1-2H3. The molecule has 0 atom stereocenters. The van der Waals surface area contributed by atoms with E-state index in [4.69, 9.17) is 9.47 Å². The van der Waals surface area contributed by atoms with Crippen molar-refractivity contribution in [3.05, 3.63) is 22.7 Å². The maximum absolute atomic E-state index is 11.5. The van der Waals surface area contributed by atoms with Crippen LogP contribution in [0.4, 0.5) is 0 Å². The summed E-state index contributed by atoms with van der Waals surface area (Å²) in [5, 5.41) is 0. The lowest BCUT2D eigenvalue weighted by atomic mass is 9.90. The van der Waals surface area contributed by atoms with Gasteiger partial charge in [0.15, 0.2) is 0 Å². The Morgan fingerprint density at radius 2 is 2.07 bits per heavy atom. The smallest absolute Gasteiger partial charge is 0.337 e. The molecule has 0 amide bonds. The van der Waals surface area contributed by atoms with Crippen LogP contribution in [-0.2, 0) is 14.3 Å². The van der Waals surface area contributed by atoms with Crippen molar-refractivity contribution in [1.82, 2.24) is 0 Å². The van der Waals surface area contributed by atoms with Gasteiger partial charge in [-0.05, 0) is 31.8 Å². The fourth-order valence-corrected chi connectivity index (χ4v) is 2.17. The molecule has 1 aliphatic heterocycles. The molecule has 3 nitrogen and oxygen atoms in total. The SMILES string of the molecule is COC(=O)C1=C(C)OC2=C(CCCC2)C1. The summed E-state index contributed by atoms with van der Waals surface area (Å²) in [6.07, 6.45) is 5.19. The van der Waals surface area contributed by atoms with E-state index in [9.17, 15) is 4.79 Å². The van der Waals surface area contributed by atoms with Gasteiger partial charge in [-0.3, -0.25) is 0 Å². The highest BCUT2D eigenvalue weighted by atomic mass is 16.5. The van der Waals surface area contributed by atoms with Gasteiger partial charge in [0.05, 0.1) is 12.7 Å². The maximum atomic E-state index is 11.5. The van der Waals surface area contributed by atoms with Crippen molar-refractivity contribution in [2.75, 3.05) is 7.11 Å². The number of ether oxygens (including phenoxy) is 2. The largest absolute Gasteiger partial charge is 0.466 e. The van der Waals surface area contributed by atoms with Crippen molar-refractivity contribution in [1.29, 1.82) is 0 Å². The van der Waals surface area contributed by atoms with Crippen molar-refractivity contribution in [2.45, 2.75) is 39.0 Å². The molecule has 2 aliphatic rings. The molecule has 0 saturated carbocycles. The first-order valence-corrected chi connectivity index (χ1v) is 5.39. The number of carbonyl (C=O) groups excluding carboxylic acids is 1. The van der Waals surface area contributed by atoms with Gasteiger partial charge in [-0.15, -0.1) is 0 Å². The molecule has 0 N–H and O–H groups in total. The molecule has 0 aromatic rings. The third kappa shape index (κ3) is 1.91. The van der Waals surface area contributed by atoms with Gasteiger partial charge in [0.2, 0.25) is 0 Å². The van der Waals surface area contributed by atoms with Crippen LogP contribution in [0.1, 0.15) is 39.0 Å². The summed E-state index contributed by atoms with van der Waals surface area (Å²) in [6.45, 7) is 1.84. The van der Waals surface area contributed by atoms with Gasteiger partial charge < -0.3 is 9.47 Å². The monoisotopic (exact) mass is 208 g/mol. The van der Waals surface area contributed by atoms with E-state index in [0.717, 1.165) is 18.6 Å². The van der Waals surface area contributed by atoms with Crippen LogP contribution in [0.2, 0.25) is 0 Å². The second kappa shape index (κ2) is 4.09. The summed E-state index contributed by atoms with van der Waals surface area (Å²) >= 11 is 0. The van der Waals surface area contributed by atoms with Gasteiger partial charge in [-0.2, -0.15) is 0 Å². The number of hydrogen-bond acceptors (Lipinski definition) is 3. The third-order valence-electron chi connectivity index (χ3n) is 3.05. The zero-order chi connectivity index (χ0) is 10.8. The number of methoxy groups -OCH3 is 1. The minimum atomic E-state index is -0.260. The summed E-state index contributed by atoms with van der Waals surface area (Å²) < 4.78 is 10.4. The van der Waals surface area contributed by atoms with Crippen molar-refractivity contribution < 1.29 is 14.3 Å². The molecule has 0 unspecified atom stereocenters. The molecule has 3 heteroatoms. The Kier molecular flexibility index (Phi) is 2.80. The van der Waals surface area contributed by atoms with Crippen LogP contribution in [0.25, 0.3) is 0 Å². The molecule has 82 valence electrons. The second-order valence-corrected chi connectivity index (χ2v) is 4.04. The van der Waals surface area contributed by atoms with Crippen LogP contribution in [0.15, 0.2) is 22.7 Å². The molecular weight excluding hydrogens is 192 g/mol. The van der Waals surface area contributed by atoms with E-state index < -0.39 is 0 Å². The molecule has 1 aliphatic carbocycles. The van der Waals surface area contributed by atoms with Gasteiger partial charge >= 0.3 is 5.97 Å². The normalized spacial score (nSPS) is 20.9. The molecule has 0 fully saturated rings. The number of rotatable bonds is 1. The van der Waals surface area contributed by atoms with Crippen LogP contribution in [0.5, 0.6) is 0 Å². The first kappa shape index (κ1) is 10.3. The van der Waals surface area contributed by atoms with Gasteiger partial charge in [0.25, 0.3) is 0 Å². The fourth-order valence-electron chi connectivity index (χ4n) is 2.17. The predicted octanol–water partition coefficient (Wildman–Crippen LogP) is 2.68. The highest BCUT2D eigenvalue weighted by Gasteiger charge is 2.26. The molecule has 2 rings (SSSR count). The van der Waals surface area contributed by atoms with Crippen LogP contribution in [0, 0.1) is 0 Å². The summed E-state index contributed by atoms with van der Waals surface area (Å²) in [4.78, 5) is 11.5. The lowest BCUT2D eigenvalue weighted by molar-refractivity contribution is -0.136. The van der Waals surface area contributed by atoms with Crippen LogP contribution >= 0.6 is 0 Å². The quantitative estimate of drug-likeness (QED) is 0.621. The fraction of sp³-hybridized carbons (Fsp3) is 0.583. The Balaban J connectivity index is 2.20. The van der Waals surface area contributed by atoms with Crippen molar-refractivity contribution in [3.8, 4) is 0 Å². The Morgan fingerprint density at radius 3 is 2.80 bits per heavy atom. The Labute approximate surface area is 89.8 Å². The first-order chi connectivity index (χ1) is 7.22. The minimum absolute atomic E-state index is 0.260. The van der Waals surface area contributed by atoms with Gasteiger partial charge in [-0.25, -0.2) is 4.79 Å². The molecule has 15 heavy (non-hydrogen) atoms. The van der Waals surface area contributed by atoms with Gasteiger partial charge in [0.1, 0.15) is 11.5 Å². The average molecular weight is 208 g/mol. The van der Waals surface area contributed by atoms with E-state index in [1.54, 1.807) is 0 Å². The highest BCUT2D eigenvalue weighted by molar-refractivity contribution is 5.89. The maximum Gasteiger partial charge on any atom is 0.337 e. The zero-order valence-electron chi connectivity index (χ0n) is 9.26. The summed E-state index contributed by atoms with van der Waals surface area (Å²) in [6, 6.07) is 0. The molecular formula is C12H16O3. The Bertz CT molecular complexity index is 350. The number of hydrogen-bond donors (Lipinski definition) is 0. The lowest BCUT2D eigenvalue weighted by Crippen LogP contribution is -2.16. The van der Waals surface area contributed by atoms with E-state index in [-0.39, 0.29) is 5.97 Å². The lowest BCUT2D eigenvalue weighted by Gasteiger charge is -2.26. The summed E-state index contributed by atoms with van der Waals surface area (Å²) in [7, 11) is 1.41. The average Bonchev–Trinajstić information content (AvgIpc) is 2.27. The summed E-state index contributed by atoms with van der Waals surface area (Å²) in [5.41, 5.74) is 1.96. The highest BCUT2D eigenvalue weighted by Crippen LogP contribution is 2.36. The van der Waals surface area contributed by atoms with Crippen LogP contribution in [-0.4, -0.2) is 13.1 Å². The topological polar surface area (TPSA) is 35.5 Å². The molecule has 0 saturated heterocycles. The van der Waals surface area contributed by atoms with Gasteiger partial charge in [-0.1, -0.05) is 0 Å². The molecule has 0 radical (unpaired) electrons. The van der Waals surface area contributed by atoms with Gasteiger partial charge in [0, 0.05) is 12.8 Å². The minimum Gasteiger partial charge on any atom is -0.466 e. The first-order valence-electron chi connectivity index (χ1n) is 5.39. The van der Waals surface area contributed by atoms with E-state index in [0.29, 0.717) is 17.8 Å². The van der Waals surface area contributed by atoms with Crippen LogP contribution in [0.3, 0.4) is 0 Å². The molecule has 1 heterocycles. The van der Waals surface area contributed by atoms with Crippen molar-refractivity contribution >= 4 is 5.97 Å². The number of allylic oxidation sites excluding steroid dienone is 3. The van der Waals surface area contributed by atoms with Crippen LogP contribution < -0.4 is 0 Å². The van der Waals surface area contributed by atoms with Crippen molar-refractivity contribution in [2.24, 2.45) is 0 Å². The second-order valence-electron chi connectivity index (χ2n) is 4.04. The molecule has 0 aromatic heterocycles. The van der Waals surface area contributed by atoms with Crippen molar-refractivity contribution in [3.63, 3.8) is 0 Å². The predicted molar refractivity (Wildman–Crippen MR) is 55.9 cm³/mol. The molecule has 0 spiro atoms. The Morgan fingerprint density at radius 1 is 1.33 bits per heavy atom. The summed E-state index contributed by atoms with van der Waals surface area (Å²) in [5.74, 6) is 1.54. The zero-order valence-corrected chi connectivity index (χ0v) is 9.26. The van der Waals surface area contributed by atoms with E-state index in [1.807, 2.05) is 6.92 Å². The molecule has 0 aromatic carbocycles. The van der Waals surface area contributed by atoms with E-state index >= 15 is 0 Å². The Hall–Kier alpha value is -1.25. The third-order valence-corrected chi connectivity index (χ3v) is 3.05. The number of esters is 1. The molecule has 0 bridgehead atoms. The van der Waals surface area contributed by atoms with E-state index in [1.165, 1.54) is 25.5 Å².